The molecule has 1 heterocycles. The van der Waals surface area contributed by atoms with E-state index in [1.165, 1.54) is 11.2 Å². The van der Waals surface area contributed by atoms with E-state index in [-0.39, 0.29) is 17.5 Å². The molecule has 1 fully saturated rings. The number of nitrogens with zero attached hydrogens (tertiary/aromatic N) is 1. The number of sulfonamides is 1. The average molecular weight is 315 g/mol. The molecule has 1 aromatic rings. The summed E-state index contributed by atoms with van der Waals surface area (Å²) < 4.78 is 31.9. The predicted molar refractivity (Wildman–Crippen MR) is 74.0 cm³/mol. The molecule has 21 heavy (non-hydrogen) atoms. The number of carboxylic acids is 1. The SMILES string of the molecule is Cc1cc(O)c(C(=O)O)cc1S(=O)(=O)N1CCOCC1C. The van der Waals surface area contributed by atoms with Crippen LogP contribution in [0.5, 0.6) is 5.75 Å². The fourth-order valence-corrected chi connectivity index (χ4v) is 4.15. The molecule has 1 saturated heterocycles. The summed E-state index contributed by atoms with van der Waals surface area (Å²) in [5, 5.41) is 18.6. The number of ether oxygens (including phenoxy) is 1. The molecule has 0 amide bonds. The molecule has 7 nitrogen and oxygen atoms in total. The molecule has 0 saturated carbocycles. The molecule has 2 N–H and O–H groups in total. The third-order valence-corrected chi connectivity index (χ3v) is 5.57. The molecular formula is C13H17NO6S. The van der Waals surface area contributed by atoms with Gasteiger partial charge in [-0.2, -0.15) is 4.31 Å². The summed E-state index contributed by atoms with van der Waals surface area (Å²) in [5.41, 5.74) is -0.128. The van der Waals surface area contributed by atoms with Crippen LogP contribution < -0.4 is 0 Å². The minimum Gasteiger partial charge on any atom is -0.507 e. The first kappa shape index (κ1) is 15.7. The monoisotopic (exact) mass is 315 g/mol. The van der Waals surface area contributed by atoms with Crippen LogP contribution in [0.25, 0.3) is 0 Å². The van der Waals surface area contributed by atoms with Crippen LogP contribution in [0.3, 0.4) is 0 Å². The van der Waals surface area contributed by atoms with Crippen molar-refractivity contribution in [2.24, 2.45) is 0 Å². The predicted octanol–water partition coefficient (Wildman–Crippen LogP) is 0.808. The lowest BCUT2D eigenvalue weighted by atomic mass is 10.1. The van der Waals surface area contributed by atoms with Crippen LogP contribution in [0.15, 0.2) is 17.0 Å². The normalized spacial score (nSPS) is 20.4. The first-order valence-corrected chi connectivity index (χ1v) is 7.85. The molecule has 0 spiro atoms. The Bertz CT molecular complexity index is 669. The van der Waals surface area contributed by atoms with Gasteiger partial charge in [-0.05, 0) is 31.5 Å². The molecule has 1 unspecified atom stereocenters. The van der Waals surface area contributed by atoms with Crippen LogP contribution in [-0.4, -0.2) is 54.7 Å². The number of hydrogen-bond acceptors (Lipinski definition) is 5. The van der Waals surface area contributed by atoms with E-state index in [0.29, 0.717) is 18.8 Å². The number of aromatic hydroxyl groups is 1. The lowest BCUT2D eigenvalue weighted by Gasteiger charge is -2.32. The van der Waals surface area contributed by atoms with Crippen molar-refractivity contribution < 1.29 is 28.2 Å². The molecule has 0 bridgehead atoms. The highest BCUT2D eigenvalue weighted by molar-refractivity contribution is 7.89. The van der Waals surface area contributed by atoms with Gasteiger partial charge >= 0.3 is 5.97 Å². The maximum absolute atomic E-state index is 12.7. The molecule has 1 aliphatic rings. The Labute approximate surface area is 122 Å². The summed E-state index contributed by atoms with van der Waals surface area (Å²) in [7, 11) is -3.84. The van der Waals surface area contributed by atoms with Gasteiger partial charge in [-0.25, -0.2) is 13.2 Å². The number of carboxylic acid groups (broad SMARTS) is 1. The summed E-state index contributed by atoms with van der Waals surface area (Å²) in [6.45, 7) is 4.05. The van der Waals surface area contributed by atoms with Crippen LogP contribution in [-0.2, 0) is 14.8 Å². The Kier molecular flexibility index (Phi) is 4.22. The van der Waals surface area contributed by atoms with E-state index in [1.807, 2.05) is 0 Å². The zero-order valence-corrected chi connectivity index (χ0v) is 12.6. The fraction of sp³-hybridized carbons (Fsp3) is 0.462. The highest BCUT2D eigenvalue weighted by atomic mass is 32.2. The standard InChI is InChI=1S/C13H17NO6S/c1-8-5-11(15)10(13(16)17)6-12(8)21(18,19)14-3-4-20-7-9(14)2/h5-6,9,15H,3-4,7H2,1-2H3,(H,16,17). The second-order valence-corrected chi connectivity index (χ2v) is 6.84. The third kappa shape index (κ3) is 2.87. The number of rotatable bonds is 3. The number of benzene rings is 1. The quantitative estimate of drug-likeness (QED) is 0.855. The van der Waals surface area contributed by atoms with Gasteiger partial charge < -0.3 is 14.9 Å². The van der Waals surface area contributed by atoms with Crippen LogP contribution in [0, 0.1) is 6.92 Å². The molecular weight excluding hydrogens is 298 g/mol. The van der Waals surface area contributed by atoms with Gasteiger partial charge in [-0.1, -0.05) is 0 Å². The molecule has 0 aliphatic carbocycles. The molecule has 1 atom stereocenters. The Morgan fingerprint density at radius 2 is 2.10 bits per heavy atom. The Morgan fingerprint density at radius 3 is 2.67 bits per heavy atom. The molecule has 0 aromatic heterocycles. The summed E-state index contributed by atoms with van der Waals surface area (Å²) >= 11 is 0. The van der Waals surface area contributed by atoms with Crippen molar-refractivity contribution in [1.29, 1.82) is 0 Å². The van der Waals surface area contributed by atoms with Gasteiger partial charge in [0.25, 0.3) is 0 Å². The lowest BCUT2D eigenvalue weighted by Crippen LogP contribution is -2.47. The van der Waals surface area contributed by atoms with Gasteiger partial charge in [0.15, 0.2) is 0 Å². The number of aryl methyl sites for hydroxylation is 1. The number of morpholine rings is 1. The first-order valence-electron chi connectivity index (χ1n) is 6.41. The summed E-state index contributed by atoms with van der Waals surface area (Å²) in [5.74, 6) is -1.83. The minimum atomic E-state index is -3.84. The van der Waals surface area contributed by atoms with Crippen LogP contribution >= 0.6 is 0 Å². The maximum Gasteiger partial charge on any atom is 0.339 e. The van der Waals surface area contributed by atoms with Crippen molar-refractivity contribution in [3.63, 3.8) is 0 Å². The number of carbonyl (C=O) groups is 1. The van der Waals surface area contributed by atoms with Gasteiger partial charge in [0.05, 0.1) is 18.1 Å². The zero-order valence-electron chi connectivity index (χ0n) is 11.7. The van der Waals surface area contributed by atoms with Crippen molar-refractivity contribution in [2.45, 2.75) is 24.8 Å². The van der Waals surface area contributed by atoms with Crippen LogP contribution in [0.1, 0.15) is 22.8 Å². The molecule has 0 radical (unpaired) electrons. The summed E-state index contributed by atoms with van der Waals surface area (Å²) in [6.07, 6.45) is 0. The molecule has 1 aromatic carbocycles. The van der Waals surface area contributed by atoms with Gasteiger partial charge in [0.2, 0.25) is 10.0 Å². The fourth-order valence-electron chi connectivity index (χ4n) is 2.32. The van der Waals surface area contributed by atoms with Crippen molar-refractivity contribution in [1.82, 2.24) is 4.31 Å². The van der Waals surface area contributed by atoms with E-state index in [9.17, 15) is 18.3 Å². The van der Waals surface area contributed by atoms with Crippen molar-refractivity contribution in [3.8, 4) is 5.75 Å². The van der Waals surface area contributed by atoms with Crippen molar-refractivity contribution >= 4 is 16.0 Å². The molecule has 8 heteroatoms. The van der Waals surface area contributed by atoms with E-state index >= 15 is 0 Å². The van der Waals surface area contributed by atoms with Gasteiger partial charge in [0, 0.05) is 12.6 Å². The minimum absolute atomic E-state index is 0.105. The van der Waals surface area contributed by atoms with Gasteiger partial charge in [-0.15, -0.1) is 0 Å². The summed E-state index contributed by atoms with van der Waals surface area (Å²) in [6, 6.07) is 1.83. The number of aromatic carboxylic acids is 1. The van der Waals surface area contributed by atoms with E-state index in [1.54, 1.807) is 6.92 Å². The lowest BCUT2D eigenvalue weighted by molar-refractivity contribution is 0.0392. The highest BCUT2D eigenvalue weighted by Crippen LogP contribution is 2.29. The van der Waals surface area contributed by atoms with E-state index in [0.717, 1.165) is 12.1 Å². The van der Waals surface area contributed by atoms with Gasteiger partial charge in [-0.3, -0.25) is 0 Å². The van der Waals surface area contributed by atoms with E-state index < -0.39 is 27.3 Å². The van der Waals surface area contributed by atoms with Gasteiger partial charge in [0.1, 0.15) is 11.3 Å². The number of phenols is 1. The smallest absolute Gasteiger partial charge is 0.339 e. The topological polar surface area (TPSA) is 104 Å². The van der Waals surface area contributed by atoms with Crippen LogP contribution in [0.2, 0.25) is 0 Å². The molecule has 2 rings (SSSR count). The van der Waals surface area contributed by atoms with Crippen LogP contribution in [0.4, 0.5) is 0 Å². The Balaban J connectivity index is 2.54. The first-order chi connectivity index (χ1) is 9.75. The zero-order chi connectivity index (χ0) is 15.8. The second-order valence-electron chi connectivity index (χ2n) is 4.98. The van der Waals surface area contributed by atoms with E-state index in [2.05, 4.69) is 0 Å². The summed E-state index contributed by atoms with van der Waals surface area (Å²) in [4.78, 5) is 11.0. The molecule has 1 aliphatic heterocycles. The van der Waals surface area contributed by atoms with E-state index in [4.69, 9.17) is 9.84 Å². The average Bonchev–Trinajstić information content (AvgIpc) is 2.38. The Hall–Kier alpha value is -1.64. The largest absolute Gasteiger partial charge is 0.507 e. The number of hydrogen-bond donors (Lipinski definition) is 2. The molecule has 116 valence electrons. The third-order valence-electron chi connectivity index (χ3n) is 3.42. The Morgan fingerprint density at radius 1 is 1.43 bits per heavy atom. The second kappa shape index (κ2) is 5.63. The maximum atomic E-state index is 12.7. The van der Waals surface area contributed by atoms with Crippen molar-refractivity contribution in [3.05, 3.63) is 23.3 Å². The van der Waals surface area contributed by atoms with Crippen molar-refractivity contribution in [2.75, 3.05) is 19.8 Å². The highest BCUT2D eigenvalue weighted by Gasteiger charge is 2.33.